The third kappa shape index (κ3) is 3.69. The molecule has 2 atom stereocenters. The zero-order chi connectivity index (χ0) is 16.4. The summed E-state index contributed by atoms with van der Waals surface area (Å²) in [5, 5.41) is 12.0. The summed E-state index contributed by atoms with van der Waals surface area (Å²) in [7, 11) is 0. The molecule has 2 saturated carbocycles. The molecule has 1 amide bonds. The SMILES string of the molecule is CCN(CC(=O)O)C1CC(NC(=O)[C@@H]2C[C@H]2c2cccnc2)C1. The molecule has 2 fully saturated rings. The third-order valence-electron chi connectivity index (χ3n) is 4.96. The predicted molar refractivity (Wildman–Crippen MR) is 84.9 cm³/mol. The first-order chi connectivity index (χ1) is 11.1. The molecule has 0 aromatic carbocycles. The molecule has 2 aliphatic rings. The first-order valence-electron chi connectivity index (χ1n) is 8.24. The van der Waals surface area contributed by atoms with Crippen LogP contribution in [-0.4, -0.2) is 52.0 Å². The van der Waals surface area contributed by atoms with Gasteiger partial charge in [-0.2, -0.15) is 0 Å². The number of hydrogen-bond acceptors (Lipinski definition) is 4. The van der Waals surface area contributed by atoms with Crippen molar-refractivity contribution < 1.29 is 14.7 Å². The smallest absolute Gasteiger partial charge is 0.317 e. The summed E-state index contributed by atoms with van der Waals surface area (Å²) < 4.78 is 0. The third-order valence-corrected chi connectivity index (χ3v) is 4.96. The summed E-state index contributed by atoms with van der Waals surface area (Å²) in [6.07, 6.45) is 6.16. The highest BCUT2D eigenvalue weighted by Crippen LogP contribution is 2.47. The molecule has 6 heteroatoms. The molecule has 6 nitrogen and oxygen atoms in total. The van der Waals surface area contributed by atoms with Gasteiger partial charge in [-0.1, -0.05) is 13.0 Å². The Labute approximate surface area is 135 Å². The molecule has 0 aliphatic heterocycles. The quantitative estimate of drug-likeness (QED) is 0.790. The van der Waals surface area contributed by atoms with Crippen molar-refractivity contribution in [1.82, 2.24) is 15.2 Å². The van der Waals surface area contributed by atoms with Crippen molar-refractivity contribution in [3.05, 3.63) is 30.1 Å². The number of hydrogen-bond donors (Lipinski definition) is 2. The minimum atomic E-state index is -0.795. The standard InChI is InChI=1S/C17H23N3O3/c1-2-20(10-16(21)22)13-6-12(7-13)19-17(23)15-8-14(15)11-4-3-5-18-9-11/h3-5,9,12-15H,2,6-8,10H2,1H3,(H,19,23)(H,21,22)/t12?,13?,14-,15+/m0/s1. The van der Waals surface area contributed by atoms with Gasteiger partial charge in [0, 0.05) is 30.4 Å². The van der Waals surface area contributed by atoms with Crippen molar-refractivity contribution in [2.24, 2.45) is 5.92 Å². The molecular weight excluding hydrogens is 294 g/mol. The molecule has 1 heterocycles. The van der Waals surface area contributed by atoms with Gasteiger partial charge in [0.05, 0.1) is 6.54 Å². The Hall–Kier alpha value is -1.95. The van der Waals surface area contributed by atoms with E-state index in [-0.39, 0.29) is 30.5 Å². The minimum Gasteiger partial charge on any atom is -0.480 e. The van der Waals surface area contributed by atoms with Crippen molar-refractivity contribution in [3.63, 3.8) is 0 Å². The maximum Gasteiger partial charge on any atom is 0.317 e. The lowest BCUT2D eigenvalue weighted by molar-refractivity contribution is -0.139. The average molecular weight is 317 g/mol. The van der Waals surface area contributed by atoms with E-state index in [1.54, 1.807) is 6.20 Å². The number of aliphatic carboxylic acids is 1. The number of carbonyl (C=O) groups excluding carboxylic acids is 1. The Morgan fingerprint density at radius 1 is 1.39 bits per heavy atom. The number of carbonyl (C=O) groups is 2. The van der Waals surface area contributed by atoms with Gasteiger partial charge in [0.25, 0.3) is 0 Å². The number of aromatic nitrogens is 1. The molecule has 124 valence electrons. The second-order valence-electron chi connectivity index (χ2n) is 6.52. The van der Waals surface area contributed by atoms with E-state index >= 15 is 0 Å². The molecule has 3 rings (SSSR count). The number of nitrogens with one attached hydrogen (secondary N) is 1. The Morgan fingerprint density at radius 2 is 2.17 bits per heavy atom. The molecular formula is C17H23N3O3. The van der Waals surface area contributed by atoms with Gasteiger partial charge in [-0.05, 0) is 43.4 Å². The summed E-state index contributed by atoms with van der Waals surface area (Å²) in [6, 6.07) is 4.39. The number of carboxylic acid groups (broad SMARTS) is 1. The van der Waals surface area contributed by atoms with Crippen LogP contribution < -0.4 is 5.32 Å². The van der Waals surface area contributed by atoms with Gasteiger partial charge in [0.2, 0.25) is 5.91 Å². The summed E-state index contributed by atoms with van der Waals surface area (Å²) in [4.78, 5) is 29.2. The summed E-state index contributed by atoms with van der Waals surface area (Å²) in [5.74, 6) is -0.293. The van der Waals surface area contributed by atoms with Crippen LogP contribution in [0.1, 0.15) is 37.7 Å². The van der Waals surface area contributed by atoms with Crippen LogP contribution in [0.4, 0.5) is 0 Å². The molecule has 0 bridgehead atoms. The van der Waals surface area contributed by atoms with Gasteiger partial charge in [-0.3, -0.25) is 19.5 Å². The van der Waals surface area contributed by atoms with Crippen molar-refractivity contribution in [1.29, 1.82) is 0 Å². The van der Waals surface area contributed by atoms with Crippen LogP contribution in [0.5, 0.6) is 0 Å². The van der Waals surface area contributed by atoms with Crippen LogP contribution in [0, 0.1) is 5.92 Å². The fraction of sp³-hybridized carbons (Fsp3) is 0.588. The zero-order valence-electron chi connectivity index (χ0n) is 13.3. The number of nitrogens with zero attached hydrogens (tertiary/aromatic N) is 2. The molecule has 1 aromatic rings. The van der Waals surface area contributed by atoms with Crippen molar-refractivity contribution in [2.45, 2.75) is 44.2 Å². The van der Waals surface area contributed by atoms with Crippen molar-refractivity contribution in [3.8, 4) is 0 Å². The van der Waals surface area contributed by atoms with Gasteiger partial charge in [0.1, 0.15) is 0 Å². The first kappa shape index (κ1) is 15.9. The summed E-state index contributed by atoms with van der Waals surface area (Å²) in [6.45, 7) is 2.77. The van der Waals surface area contributed by atoms with E-state index in [4.69, 9.17) is 5.11 Å². The van der Waals surface area contributed by atoms with Gasteiger partial charge >= 0.3 is 5.97 Å². The average Bonchev–Trinajstić information content (AvgIpc) is 3.29. The van der Waals surface area contributed by atoms with Crippen LogP contribution in [0.15, 0.2) is 24.5 Å². The second kappa shape index (κ2) is 6.66. The Kier molecular flexibility index (Phi) is 4.61. The van der Waals surface area contributed by atoms with Crippen LogP contribution >= 0.6 is 0 Å². The molecule has 0 unspecified atom stereocenters. The highest BCUT2D eigenvalue weighted by atomic mass is 16.4. The van der Waals surface area contributed by atoms with Crippen molar-refractivity contribution in [2.75, 3.05) is 13.1 Å². The Balaban J connectivity index is 1.42. The van der Waals surface area contributed by atoms with Gasteiger partial charge in [-0.15, -0.1) is 0 Å². The number of likely N-dealkylation sites (N-methyl/N-ethyl adjacent to an activating group) is 1. The topological polar surface area (TPSA) is 82.5 Å². The van der Waals surface area contributed by atoms with E-state index in [1.165, 1.54) is 0 Å². The molecule has 0 saturated heterocycles. The van der Waals surface area contributed by atoms with Gasteiger partial charge in [0.15, 0.2) is 0 Å². The maximum atomic E-state index is 12.3. The molecule has 23 heavy (non-hydrogen) atoms. The lowest BCUT2D eigenvalue weighted by atomic mass is 9.85. The van der Waals surface area contributed by atoms with E-state index in [0.717, 1.165) is 31.4 Å². The maximum absolute atomic E-state index is 12.3. The highest BCUT2D eigenvalue weighted by molar-refractivity contribution is 5.83. The normalized spacial score (nSPS) is 29.0. The number of amides is 1. The van der Waals surface area contributed by atoms with E-state index in [9.17, 15) is 9.59 Å². The summed E-state index contributed by atoms with van der Waals surface area (Å²) in [5.41, 5.74) is 1.14. The molecule has 1 aromatic heterocycles. The number of pyridine rings is 1. The fourth-order valence-electron chi connectivity index (χ4n) is 3.43. The van der Waals surface area contributed by atoms with Crippen molar-refractivity contribution >= 4 is 11.9 Å². The zero-order valence-corrected chi connectivity index (χ0v) is 13.3. The molecule has 0 radical (unpaired) electrons. The van der Waals surface area contributed by atoms with Crippen LogP contribution in [0.2, 0.25) is 0 Å². The van der Waals surface area contributed by atoms with E-state index in [1.807, 2.05) is 30.2 Å². The lowest BCUT2D eigenvalue weighted by Crippen LogP contribution is -2.55. The van der Waals surface area contributed by atoms with Crippen LogP contribution in [0.3, 0.4) is 0 Å². The monoisotopic (exact) mass is 317 g/mol. The van der Waals surface area contributed by atoms with Gasteiger partial charge in [-0.25, -0.2) is 0 Å². The van der Waals surface area contributed by atoms with E-state index in [0.29, 0.717) is 5.92 Å². The minimum absolute atomic E-state index is 0.0690. The Bertz CT molecular complexity index is 572. The highest BCUT2D eigenvalue weighted by Gasteiger charge is 2.45. The van der Waals surface area contributed by atoms with Crippen LogP contribution in [0.25, 0.3) is 0 Å². The Morgan fingerprint density at radius 3 is 2.78 bits per heavy atom. The number of carboxylic acids is 1. The molecule has 2 N–H and O–H groups in total. The fourth-order valence-corrected chi connectivity index (χ4v) is 3.43. The summed E-state index contributed by atoms with van der Waals surface area (Å²) >= 11 is 0. The largest absolute Gasteiger partial charge is 0.480 e. The predicted octanol–water partition coefficient (Wildman–Crippen LogP) is 1.24. The van der Waals surface area contributed by atoms with E-state index < -0.39 is 5.97 Å². The van der Waals surface area contributed by atoms with E-state index in [2.05, 4.69) is 10.3 Å². The first-order valence-corrected chi connectivity index (χ1v) is 8.24. The lowest BCUT2D eigenvalue weighted by Gasteiger charge is -2.42. The second-order valence-corrected chi connectivity index (χ2v) is 6.52. The molecule has 2 aliphatic carbocycles. The number of rotatable bonds is 7. The van der Waals surface area contributed by atoms with Gasteiger partial charge < -0.3 is 10.4 Å². The molecule has 0 spiro atoms. The van der Waals surface area contributed by atoms with Crippen LogP contribution in [-0.2, 0) is 9.59 Å².